The number of aromatic nitrogens is 2. The maximum atomic E-state index is 15.0. The van der Waals surface area contributed by atoms with E-state index in [0.717, 1.165) is 35.0 Å². The van der Waals surface area contributed by atoms with Crippen LogP contribution < -0.4 is 21.3 Å². The number of alkyl halides is 1. The molecule has 4 heterocycles. The second kappa shape index (κ2) is 7.87. The van der Waals surface area contributed by atoms with Gasteiger partial charge in [-0.1, -0.05) is 18.5 Å². The predicted molar refractivity (Wildman–Crippen MR) is 113 cm³/mol. The Labute approximate surface area is 170 Å². The van der Waals surface area contributed by atoms with E-state index < -0.39 is 23.1 Å². The molecule has 156 valence electrons. The highest BCUT2D eigenvalue weighted by molar-refractivity contribution is 7.13. The van der Waals surface area contributed by atoms with Crippen LogP contribution in [0, 0.1) is 5.82 Å². The summed E-state index contributed by atoms with van der Waals surface area (Å²) in [5.41, 5.74) is 0.331. The molecule has 3 aromatic heterocycles. The highest BCUT2D eigenvalue weighted by Crippen LogP contribution is 2.30. The molecular weight excluding hydrogens is 398 g/mol. The van der Waals surface area contributed by atoms with Crippen molar-refractivity contribution in [2.24, 2.45) is 0 Å². The molecule has 1 fully saturated rings. The van der Waals surface area contributed by atoms with Crippen molar-refractivity contribution in [2.45, 2.75) is 44.8 Å². The molecule has 0 bridgehead atoms. The Morgan fingerprint density at radius 1 is 1.41 bits per heavy atom. The molecule has 2 N–H and O–H groups in total. The van der Waals surface area contributed by atoms with E-state index in [-0.39, 0.29) is 17.8 Å². The molecule has 9 heteroatoms. The first-order valence-corrected chi connectivity index (χ1v) is 10.7. The maximum absolute atomic E-state index is 15.0. The monoisotopic (exact) mass is 422 g/mol. The lowest BCUT2D eigenvalue weighted by molar-refractivity contribution is 0.324. The molecule has 0 saturated carbocycles. The van der Waals surface area contributed by atoms with Crippen LogP contribution in [0.5, 0.6) is 0 Å². The van der Waals surface area contributed by atoms with Crippen molar-refractivity contribution in [1.29, 1.82) is 0 Å². The quantitative estimate of drug-likeness (QED) is 0.664. The number of aromatic amines is 1. The summed E-state index contributed by atoms with van der Waals surface area (Å²) in [6.07, 6.45) is 2.34. The average Bonchev–Trinajstić information content (AvgIpc) is 3.12. The third-order valence-electron chi connectivity index (χ3n) is 5.77. The highest BCUT2D eigenvalue weighted by Gasteiger charge is 2.24. The summed E-state index contributed by atoms with van der Waals surface area (Å²) in [5.74, 6) is -0.527. The second-order valence-corrected chi connectivity index (χ2v) is 8.38. The van der Waals surface area contributed by atoms with Crippen LogP contribution in [0.3, 0.4) is 0 Å². The molecule has 1 saturated heterocycles. The lowest BCUT2D eigenvalue weighted by Gasteiger charge is -2.34. The molecule has 0 spiro atoms. The SMILES string of the molecule is CCC(F)Cc1c2s[nH]c(=O)c2c(=O)n2cc(F)c(N3CCCC(NC)C3)cc12. The molecule has 0 amide bonds. The fourth-order valence-corrected chi connectivity index (χ4v) is 4.99. The van der Waals surface area contributed by atoms with Crippen LogP contribution in [0.15, 0.2) is 21.9 Å². The normalized spacial score (nSPS) is 18.6. The van der Waals surface area contributed by atoms with Crippen LogP contribution in [0.2, 0.25) is 0 Å². The summed E-state index contributed by atoms with van der Waals surface area (Å²) in [7, 11) is 1.89. The molecule has 0 radical (unpaired) electrons. The number of piperidine rings is 1. The van der Waals surface area contributed by atoms with Crippen molar-refractivity contribution in [3.05, 3.63) is 44.4 Å². The minimum atomic E-state index is -1.12. The van der Waals surface area contributed by atoms with Gasteiger partial charge in [0, 0.05) is 25.6 Å². The molecule has 29 heavy (non-hydrogen) atoms. The first-order chi connectivity index (χ1) is 13.9. The molecule has 3 aromatic rings. The van der Waals surface area contributed by atoms with Crippen LogP contribution >= 0.6 is 11.5 Å². The number of likely N-dealkylation sites (N-methyl/N-ethyl adjacent to an activating group) is 1. The first kappa shape index (κ1) is 20.0. The predicted octanol–water partition coefficient (Wildman–Crippen LogP) is 2.82. The van der Waals surface area contributed by atoms with Crippen molar-refractivity contribution >= 4 is 32.8 Å². The molecular formula is C20H24F2N4O2S. The van der Waals surface area contributed by atoms with E-state index in [2.05, 4.69) is 9.69 Å². The third-order valence-corrected chi connectivity index (χ3v) is 6.72. The smallest absolute Gasteiger partial charge is 0.271 e. The van der Waals surface area contributed by atoms with Crippen LogP contribution in [0.1, 0.15) is 31.7 Å². The lowest BCUT2D eigenvalue weighted by Crippen LogP contribution is -2.44. The van der Waals surface area contributed by atoms with Crippen molar-refractivity contribution < 1.29 is 8.78 Å². The van der Waals surface area contributed by atoms with Gasteiger partial charge >= 0.3 is 0 Å². The van der Waals surface area contributed by atoms with Gasteiger partial charge < -0.3 is 10.2 Å². The van der Waals surface area contributed by atoms with E-state index in [1.807, 2.05) is 11.9 Å². The number of nitrogens with zero attached hydrogens (tertiary/aromatic N) is 2. The van der Waals surface area contributed by atoms with Crippen LogP contribution in [0.25, 0.3) is 15.6 Å². The second-order valence-electron chi connectivity index (χ2n) is 7.57. The van der Waals surface area contributed by atoms with Gasteiger partial charge in [0.15, 0.2) is 5.82 Å². The van der Waals surface area contributed by atoms with Gasteiger partial charge in [0.25, 0.3) is 11.1 Å². The Morgan fingerprint density at radius 3 is 2.93 bits per heavy atom. The zero-order chi connectivity index (χ0) is 20.7. The summed E-state index contributed by atoms with van der Waals surface area (Å²) < 4.78 is 33.6. The standard InChI is InChI=1S/C20H24F2N4O2S/c1-3-11(21)7-13-15-8-16(25-6-4-5-12(9-25)23-2)14(22)10-26(15)20(28)17-18(13)29-24-19(17)27/h8,10-12,23H,3-7,9H2,1-2H3,(H,24,27). The summed E-state index contributed by atoms with van der Waals surface area (Å²) in [5, 5.41) is 3.20. The van der Waals surface area contributed by atoms with E-state index in [1.54, 1.807) is 13.0 Å². The van der Waals surface area contributed by atoms with Gasteiger partial charge in [-0.3, -0.25) is 18.4 Å². The Balaban J connectivity index is 1.97. The number of fused-ring (bicyclic) bond motifs is 2. The van der Waals surface area contributed by atoms with E-state index in [1.165, 1.54) is 0 Å². The number of anilines is 1. The largest absolute Gasteiger partial charge is 0.368 e. The van der Waals surface area contributed by atoms with Gasteiger partial charge in [-0.2, -0.15) is 0 Å². The Morgan fingerprint density at radius 2 is 2.21 bits per heavy atom. The van der Waals surface area contributed by atoms with E-state index in [0.29, 0.717) is 41.0 Å². The average molecular weight is 423 g/mol. The van der Waals surface area contributed by atoms with Crippen molar-refractivity contribution in [1.82, 2.24) is 14.1 Å². The fraction of sp³-hybridized carbons (Fsp3) is 0.500. The maximum Gasteiger partial charge on any atom is 0.271 e. The first-order valence-electron chi connectivity index (χ1n) is 9.88. The molecule has 0 aromatic carbocycles. The van der Waals surface area contributed by atoms with Gasteiger partial charge in [0.1, 0.15) is 11.6 Å². The fourth-order valence-electron chi connectivity index (χ4n) is 4.10. The molecule has 2 atom stereocenters. The Hall–Kier alpha value is -2.26. The Kier molecular flexibility index (Phi) is 5.44. The van der Waals surface area contributed by atoms with E-state index in [9.17, 15) is 14.0 Å². The van der Waals surface area contributed by atoms with Crippen molar-refractivity contribution in [2.75, 3.05) is 25.0 Å². The number of nitrogens with one attached hydrogen (secondary N) is 2. The summed E-state index contributed by atoms with van der Waals surface area (Å²) in [6.45, 7) is 3.12. The van der Waals surface area contributed by atoms with Crippen LogP contribution in [0.4, 0.5) is 14.5 Å². The number of pyridine rings is 2. The highest BCUT2D eigenvalue weighted by atomic mass is 32.1. The molecule has 6 nitrogen and oxygen atoms in total. The number of halogens is 2. The van der Waals surface area contributed by atoms with Gasteiger partial charge in [-0.25, -0.2) is 8.78 Å². The third kappa shape index (κ3) is 3.46. The van der Waals surface area contributed by atoms with E-state index in [4.69, 9.17) is 0 Å². The summed E-state index contributed by atoms with van der Waals surface area (Å²) in [6, 6.07) is 1.89. The van der Waals surface area contributed by atoms with Crippen molar-refractivity contribution in [3.8, 4) is 0 Å². The van der Waals surface area contributed by atoms with Gasteiger partial charge in [-0.15, -0.1) is 0 Å². The Bertz CT molecular complexity index is 1170. The number of hydrogen-bond acceptors (Lipinski definition) is 5. The van der Waals surface area contributed by atoms with Gasteiger partial charge in [0.2, 0.25) is 0 Å². The molecule has 4 rings (SSSR count). The van der Waals surface area contributed by atoms with Crippen LogP contribution in [-0.2, 0) is 6.42 Å². The number of H-pyrrole nitrogens is 1. The summed E-state index contributed by atoms with van der Waals surface area (Å²) in [4.78, 5) is 27.0. The minimum Gasteiger partial charge on any atom is -0.368 e. The topological polar surface area (TPSA) is 69.6 Å². The molecule has 0 aliphatic carbocycles. The lowest BCUT2D eigenvalue weighted by atomic mass is 10.0. The van der Waals surface area contributed by atoms with Gasteiger partial charge in [0.05, 0.1) is 22.1 Å². The van der Waals surface area contributed by atoms with Crippen molar-refractivity contribution in [3.63, 3.8) is 0 Å². The zero-order valence-electron chi connectivity index (χ0n) is 16.4. The molecule has 1 aliphatic heterocycles. The summed E-state index contributed by atoms with van der Waals surface area (Å²) >= 11 is 1.04. The van der Waals surface area contributed by atoms with Gasteiger partial charge in [-0.05, 0) is 37.9 Å². The number of hydrogen-bond donors (Lipinski definition) is 2. The minimum absolute atomic E-state index is 0.0360. The zero-order valence-corrected chi connectivity index (χ0v) is 17.2. The molecule has 2 unspecified atom stereocenters. The number of rotatable bonds is 5. The molecule has 1 aliphatic rings. The van der Waals surface area contributed by atoms with Crippen LogP contribution in [-0.4, -0.2) is 41.1 Å². The van der Waals surface area contributed by atoms with E-state index >= 15 is 4.39 Å².